The van der Waals surface area contributed by atoms with E-state index in [4.69, 9.17) is 4.42 Å². The lowest BCUT2D eigenvalue weighted by Crippen LogP contribution is -2.26. The molecule has 6 nitrogen and oxygen atoms in total. The van der Waals surface area contributed by atoms with Gasteiger partial charge in [0.25, 0.3) is 0 Å². The van der Waals surface area contributed by atoms with Gasteiger partial charge in [-0.2, -0.15) is 0 Å². The van der Waals surface area contributed by atoms with Crippen LogP contribution in [0.5, 0.6) is 0 Å². The molecule has 0 aliphatic rings. The van der Waals surface area contributed by atoms with Gasteiger partial charge in [0.2, 0.25) is 15.9 Å². The standard InChI is InChI=1S/C16H18N2O4S/c1-18(2)23(20,21)15-8-4-3-6-13(15)12-17-16(19)10-9-14-7-5-11-22-14/h3-11H,12H2,1-2H3,(H,17,19)/b10-9+. The van der Waals surface area contributed by atoms with E-state index in [0.29, 0.717) is 11.3 Å². The van der Waals surface area contributed by atoms with Crippen LogP contribution in [0.1, 0.15) is 11.3 Å². The minimum Gasteiger partial charge on any atom is -0.465 e. The fraction of sp³-hybridized carbons (Fsp3) is 0.188. The molecule has 1 N–H and O–H groups in total. The molecular weight excluding hydrogens is 316 g/mol. The molecule has 122 valence electrons. The molecule has 1 aromatic carbocycles. The number of nitrogens with zero attached hydrogens (tertiary/aromatic N) is 1. The van der Waals surface area contributed by atoms with Gasteiger partial charge < -0.3 is 9.73 Å². The van der Waals surface area contributed by atoms with Crippen LogP contribution in [0.4, 0.5) is 0 Å². The number of carbonyl (C=O) groups excluding carboxylic acids is 1. The quantitative estimate of drug-likeness (QED) is 0.818. The third kappa shape index (κ3) is 4.30. The van der Waals surface area contributed by atoms with E-state index >= 15 is 0 Å². The summed E-state index contributed by atoms with van der Waals surface area (Å²) in [6.07, 6.45) is 4.39. The zero-order valence-corrected chi connectivity index (χ0v) is 13.7. The molecule has 0 aliphatic heterocycles. The first-order chi connectivity index (χ1) is 10.9. The first-order valence-corrected chi connectivity index (χ1v) is 8.35. The van der Waals surface area contributed by atoms with Crippen molar-refractivity contribution in [1.29, 1.82) is 0 Å². The number of furan rings is 1. The molecule has 0 unspecified atom stereocenters. The third-order valence-electron chi connectivity index (χ3n) is 3.13. The van der Waals surface area contributed by atoms with Gasteiger partial charge in [-0.15, -0.1) is 0 Å². The van der Waals surface area contributed by atoms with E-state index in [9.17, 15) is 13.2 Å². The Morgan fingerprint density at radius 2 is 1.96 bits per heavy atom. The summed E-state index contributed by atoms with van der Waals surface area (Å²) in [5.41, 5.74) is 0.529. The lowest BCUT2D eigenvalue weighted by molar-refractivity contribution is -0.116. The molecule has 2 rings (SSSR count). The summed E-state index contributed by atoms with van der Waals surface area (Å²) in [6.45, 7) is 0.116. The molecule has 0 aliphatic carbocycles. The molecule has 7 heteroatoms. The van der Waals surface area contributed by atoms with Crippen molar-refractivity contribution in [2.45, 2.75) is 11.4 Å². The summed E-state index contributed by atoms with van der Waals surface area (Å²) in [4.78, 5) is 12.0. The van der Waals surface area contributed by atoms with E-state index in [1.54, 1.807) is 30.3 Å². The van der Waals surface area contributed by atoms with Gasteiger partial charge in [0.1, 0.15) is 5.76 Å². The predicted octanol–water partition coefficient (Wildman–Crippen LogP) is 1.86. The van der Waals surface area contributed by atoms with Crippen molar-refractivity contribution < 1.29 is 17.6 Å². The smallest absolute Gasteiger partial charge is 0.244 e. The number of carbonyl (C=O) groups is 1. The van der Waals surface area contributed by atoms with Crippen molar-refractivity contribution in [2.75, 3.05) is 14.1 Å². The highest BCUT2D eigenvalue weighted by molar-refractivity contribution is 7.89. The summed E-state index contributed by atoms with van der Waals surface area (Å²) in [5.74, 6) is 0.231. The summed E-state index contributed by atoms with van der Waals surface area (Å²) in [6, 6.07) is 10.0. The Bertz CT molecular complexity index is 793. The zero-order valence-electron chi connectivity index (χ0n) is 12.9. The lowest BCUT2D eigenvalue weighted by Gasteiger charge is -2.15. The molecule has 0 saturated carbocycles. The molecule has 1 aromatic heterocycles. The third-order valence-corrected chi connectivity index (χ3v) is 5.04. The first-order valence-electron chi connectivity index (χ1n) is 6.91. The zero-order chi connectivity index (χ0) is 16.9. The van der Waals surface area contributed by atoms with Crippen LogP contribution in [0.25, 0.3) is 6.08 Å². The number of nitrogens with one attached hydrogen (secondary N) is 1. The summed E-state index contributed by atoms with van der Waals surface area (Å²) in [7, 11) is -0.616. The highest BCUT2D eigenvalue weighted by atomic mass is 32.2. The van der Waals surface area contributed by atoms with Crippen molar-refractivity contribution in [3.8, 4) is 0 Å². The normalized spacial score (nSPS) is 12.0. The maximum Gasteiger partial charge on any atom is 0.244 e. The van der Waals surface area contributed by atoms with E-state index < -0.39 is 10.0 Å². The number of sulfonamides is 1. The Morgan fingerprint density at radius 1 is 1.22 bits per heavy atom. The van der Waals surface area contributed by atoms with Crippen molar-refractivity contribution in [3.05, 3.63) is 60.1 Å². The Balaban J connectivity index is 2.08. The van der Waals surface area contributed by atoms with Crippen LogP contribution in [-0.4, -0.2) is 32.7 Å². The molecule has 2 aromatic rings. The van der Waals surface area contributed by atoms with Gasteiger partial charge in [-0.05, 0) is 29.8 Å². The van der Waals surface area contributed by atoms with Gasteiger partial charge in [0.05, 0.1) is 11.2 Å². The maximum absolute atomic E-state index is 12.3. The van der Waals surface area contributed by atoms with Gasteiger partial charge in [-0.1, -0.05) is 18.2 Å². The summed E-state index contributed by atoms with van der Waals surface area (Å²) < 4.78 is 30.8. The van der Waals surface area contributed by atoms with Crippen LogP contribution >= 0.6 is 0 Å². The topological polar surface area (TPSA) is 79.6 Å². The van der Waals surface area contributed by atoms with E-state index in [-0.39, 0.29) is 17.3 Å². The fourth-order valence-electron chi connectivity index (χ4n) is 1.88. The van der Waals surface area contributed by atoms with Crippen LogP contribution in [0.3, 0.4) is 0 Å². The van der Waals surface area contributed by atoms with E-state index in [2.05, 4.69) is 5.32 Å². The van der Waals surface area contributed by atoms with Crippen molar-refractivity contribution in [1.82, 2.24) is 9.62 Å². The minimum atomic E-state index is -3.55. The number of hydrogen-bond acceptors (Lipinski definition) is 4. The molecule has 0 spiro atoms. The Kier molecular flexibility index (Phi) is 5.36. The van der Waals surface area contributed by atoms with E-state index in [1.807, 2.05) is 0 Å². The number of rotatable bonds is 6. The highest BCUT2D eigenvalue weighted by Crippen LogP contribution is 2.18. The van der Waals surface area contributed by atoms with Crippen LogP contribution in [0.15, 0.2) is 58.1 Å². The van der Waals surface area contributed by atoms with Gasteiger partial charge in [0.15, 0.2) is 0 Å². The Hall–Kier alpha value is -2.38. The largest absolute Gasteiger partial charge is 0.465 e. The van der Waals surface area contributed by atoms with Crippen molar-refractivity contribution >= 4 is 22.0 Å². The number of amides is 1. The van der Waals surface area contributed by atoms with Crippen LogP contribution in [0, 0.1) is 0 Å². The van der Waals surface area contributed by atoms with Crippen molar-refractivity contribution in [3.63, 3.8) is 0 Å². The summed E-state index contributed by atoms with van der Waals surface area (Å²) in [5, 5.41) is 2.66. The number of hydrogen-bond donors (Lipinski definition) is 1. The van der Waals surface area contributed by atoms with Crippen LogP contribution in [0.2, 0.25) is 0 Å². The second-order valence-electron chi connectivity index (χ2n) is 4.96. The first kappa shape index (κ1) is 17.0. The highest BCUT2D eigenvalue weighted by Gasteiger charge is 2.20. The Morgan fingerprint density at radius 3 is 2.61 bits per heavy atom. The predicted molar refractivity (Wildman–Crippen MR) is 86.9 cm³/mol. The van der Waals surface area contributed by atoms with Crippen LogP contribution < -0.4 is 5.32 Å². The van der Waals surface area contributed by atoms with Gasteiger partial charge >= 0.3 is 0 Å². The van der Waals surface area contributed by atoms with Gasteiger partial charge in [-0.3, -0.25) is 4.79 Å². The Labute approximate surface area is 135 Å². The van der Waals surface area contributed by atoms with E-state index in [1.165, 1.54) is 38.6 Å². The molecule has 0 fully saturated rings. The fourth-order valence-corrected chi connectivity index (χ4v) is 3.00. The number of benzene rings is 1. The minimum absolute atomic E-state index is 0.116. The second kappa shape index (κ2) is 7.26. The van der Waals surface area contributed by atoms with Crippen LogP contribution in [-0.2, 0) is 21.4 Å². The monoisotopic (exact) mass is 334 g/mol. The second-order valence-corrected chi connectivity index (χ2v) is 7.08. The van der Waals surface area contributed by atoms with Crippen molar-refractivity contribution in [2.24, 2.45) is 0 Å². The molecule has 0 saturated heterocycles. The SMILES string of the molecule is CN(C)S(=O)(=O)c1ccccc1CNC(=O)/C=C/c1ccco1. The molecule has 1 heterocycles. The molecule has 0 radical (unpaired) electrons. The molecule has 0 atom stereocenters. The molecule has 1 amide bonds. The lowest BCUT2D eigenvalue weighted by atomic mass is 10.2. The molecule has 0 bridgehead atoms. The van der Waals surface area contributed by atoms with Gasteiger partial charge in [0, 0.05) is 26.7 Å². The van der Waals surface area contributed by atoms with E-state index in [0.717, 1.165) is 4.31 Å². The summed E-state index contributed by atoms with van der Waals surface area (Å²) >= 11 is 0. The molecule has 23 heavy (non-hydrogen) atoms. The maximum atomic E-state index is 12.3. The average molecular weight is 334 g/mol. The molecular formula is C16H18N2O4S. The average Bonchev–Trinajstić information content (AvgIpc) is 3.04. The van der Waals surface area contributed by atoms with Gasteiger partial charge in [-0.25, -0.2) is 12.7 Å².